The van der Waals surface area contributed by atoms with Gasteiger partial charge in [0.1, 0.15) is 23.2 Å². The second-order valence-corrected chi connectivity index (χ2v) is 8.94. The first-order valence-corrected chi connectivity index (χ1v) is 12.0. The molecule has 1 saturated heterocycles. The van der Waals surface area contributed by atoms with E-state index in [-0.39, 0.29) is 18.5 Å². The number of rotatable bonds is 10. The number of hydrogen-bond acceptors (Lipinski definition) is 6. The molecule has 1 aliphatic heterocycles. The van der Waals surface area contributed by atoms with E-state index < -0.39 is 17.8 Å². The van der Waals surface area contributed by atoms with Crippen LogP contribution in [0.4, 0.5) is 0 Å². The van der Waals surface area contributed by atoms with E-state index >= 15 is 0 Å². The number of nitrogens with one attached hydrogen (secondary N) is 1. The number of methoxy groups -OCH3 is 2. The summed E-state index contributed by atoms with van der Waals surface area (Å²) in [5.41, 5.74) is 1.93. The van der Waals surface area contributed by atoms with E-state index in [0.717, 1.165) is 28.2 Å². The van der Waals surface area contributed by atoms with Crippen LogP contribution in [0, 0.1) is 5.92 Å². The number of benzene rings is 3. The van der Waals surface area contributed by atoms with Crippen molar-refractivity contribution in [2.45, 2.75) is 30.7 Å². The minimum atomic E-state index is -0.937. The second-order valence-electron chi connectivity index (χ2n) is 8.94. The van der Waals surface area contributed by atoms with E-state index in [4.69, 9.17) is 18.9 Å². The zero-order chi connectivity index (χ0) is 24.8. The van der Waals surface area contributed by atoms with Crippen LogP contribution in [0.25, 0.3) is 0 Å². The highest BCUT2D eigenvalue weighted by Gasteiger charge is 2.44. The van der Waals surface area contributed by atoms with Gasteiger partial charge in [-0.3, -0.25) is 0 Å². The Kier molecular flexibility index (Phi) is 8.13. The van der Waals surface area contributed by atoms with Crippen LogP contribution in [-0.2, 0) is 15.1 Å². The Morgan fingerprint density at radius 2 is 1.37 bits per heavy atom. The van der Waals surface area contributed by atoms with Crippen LogP contribution in [0.5, 0.6) is 11.5 Å². The van der Waals surface area contributed by atoms with Gasteiger partial charge in [0.15, 0.2) is 0 Å². The molecule has 3 aromatic carbocycles. The summed E-state index contributed by atoms with van der Waals surface area (Å²) in [7, 11) is 5.87. The molecule has 3 aromatic rings. The van der Waals surface area contributed by atoms with E-state index in [9.17, 15) is 5.11 Å². The van der Waals surface area contributed by atoms with Crippen molar-refractivity contribution in [3.05, 3.63) is 95.6 Å². The second kappa shape index (κ2) is 11.3. The summed E-state index contributed by atoms with van der Waals surface area (Å²) in [5.74, 6) is 1.54. The van der Waals surface area contributed by atoms with Crippen LogP contribution >= 0.6 is 0 Å². The lowest BCUT2D eigenvalue weighted by Gasteiger charge is -2.37. The highest BCUT2D eigenvalue weighted by atomic mass is 16.6. The fourth-order valence-electron chi connectivity index (χ4n) is 4.84. The van der Waals surface area contributed by atoms with Crippen LogP contribution < -0.4 is 14.7 Å². The van der Waals surface area contributed by atoms with Crippen molar-refractivity contribution in [2.75, 3.05) is 27.9 Å². The van der Waals surface area contributed by atoms with Gasteiger partial charge in [-0.15, -0.1) is 0 Å². The van der Waals surface area contributed by atoms with E-state index in [1.807, 2.05) is 80.7 Å². The number of hydrogen-bond donors (Lipinski definition) is 2. The molecule has 1 fully saturated rings. The van der Waals surface area contributed by atoms with Gasteiger partial charge in [-0.1, -0.05) is 61.5 Å². The molecule has 4 atom stereocenters. The Hall–Kier alpha value is -2.84. The minimum absolute atomic E-state index is 0.00384. The van der Waals surface area contributed by atoms with Crippen molar-refractivity contribution in [3.8, 4) is 11.5 Å². The van der Waals surface area contributed by atoms with Crippen LogP contribution in [0.3, 0.4) is 0 Å². The standard InChI is InChI=1S/C28H34BNO5/c1-19-26(31)25(35-27(19)29-30-2)18-34-28(20-8-6-5-7-9-20,21-10-14-23(32-3)15-11-21)22-12-16-24(33-4)17-13-22/h5-17,19,25-27,29-31H,18H2,1-4H3/t19-,25+,26?,27+/m0/s1. The molecule has 0 spiro atoms. The largest absolute Gasteiger partial charge is 0.497 e. The van der Waals surface area contributed by atoms with Gasteiger partial charge in [-0.05, 0) is 48.0 Å². The van der Waals surface area contributed by atoms with E-state index in [2.05, 4.69) is 17.4 Å². The molecule has 4 rings (SSSR count). The van der Waals surface area contributed by atoms with Gasteiger partial charge in [0.05, 0.1) is 32.9 Å². The van der Waals surface area contributed by atoms with Gasteiger partial charge in [-0.25, -0.2) is 0 Å². The fourth-order valence-corrected chi connectivity index (χ4v) is 4.84. The summed E-state index contributed by atoms with van der Waals surface area (Å²) in [4.78, 5) is 0. The van der Waals surface area contributed by atoms with Gasteiger partial charge in [0.2, 0.25) is 7.41 Å². The average Bonchev–Trinajstić information content (AvgIpc) is 3.18. The molecule has 0 amide bonds. The summed E-state index contributed by atoms with van der Waals surface area (Å²) in [6, 6.07) is 25.9. The first kappa shape index (κ1) is 25.3. The molecule has 0 bridgehead atoms. The van der Waals surface area contributed by atoms with Gasteiger partial charge in [0, 0.05) is 5.92 Å². The van der Waals surface area contributed by atoms with Crippen LogP contribution in [-0.4, -0.2) is 58.6 Å². The highest BCUT2D eigenvalue weighted by Crippen LogP contribution is 2.42. The Bertz CT molecular complexity index is 1010. The molecule has 35 heavy (non-hydrogen) atoms. The molecule has 0 radical (unpaired) electrons. The van der Waals surface area contributed by atoms with Crippen molar-refractivity contribution in [3.63, 3.8) is 0 Å². The molecule has 1 unspecified atom stereocenters. The predicted molar refractivity (Wildman–Crippen MR) is 138 cm³/mol. The van der Waals surface area contributed by atoms with Gasteiger partial charge < -0.3 is 29.3 Å². The molecule has 2 N–H and O–H groups in total. The fraction of sp³-hybridized carbons (Fsp3) is 0.357. The third kappa shape index (κ3) is 5.09. The lowest BCUT2D eigenvalue weighted by Crippen LogP contribution is -2.38. The zero-order valence-corrected chi connectivity index (χ0v) is 20.8. The predicted octanol–water partition coefficient (Wildman–Crippen LogP) is 3.31. The van der Waals surface area contributed by atoms with Crippen molar-refractivity contribution in [1.82, 2.24) is 5.23 Å². The normalized spacial score (nSPS) is 22.1. The van der Waals surface area contributed by atoms with Crippen molar-refractivity contribution >= 4 is 7.41 Å². The maximum atomic E-state index is 10.9. The topological polar surface area (TPSA) is 69.2 Å². The minimum Gasteiger partial charge on any atom is -0.497 e. The quantitative estimate of drug-likeness (QED) is 0.347. The third-order valence-electron chi connectivity index (χ3n) is 6.90. The first-order chi connectivity index (χ1) is 17.0. The van der Waals surface area contributed by atoms with Crippen molar-refractivity contribution < 1.29 is 24.1 Å². The van der Waals surface area contributed by atoms with Crippen LogP contribution in [0.1, 0.15) is 23.6 Å². The summed E-state index contributed by atoms with van der Waals surface area (Å²) < 4.78 is 23.9. The first-order valence-electron chi connectivity index (χ1n) is 12.0. The van der Waals surface area contributed by atoms with E-state index in [1.165, 1.54) is 0 Å². The maximum absolute atomic E-state index is 10.9. The van der Waals surface area contributed by atoms with Gasteiger partial charge >= 0.3 is 0 Å². The van der Waals surface area contributed by atoms with Crippen molar-refractivity contribution in [1.29, 1.82) is 0 Å². The van der Waals surface area contributed by atoms with Gasteiger partial charge in [-0.2, -0.15) is 0 Å². The van der Waals surface area contributed by atoms with Gasteiger partial charge in [0.25, 0.3) is 0 Å². The Labute approximate surface area is 208 Å². The molecule has 0 aromatic heterocycles. The van der Waals surface area contributed by atoms with E-state index in [1.54, 1.807) is 14.2 Å². The molecule has 7 heteroatoms. The number of aliphatic hydroxyl groups excluding tert-OH is 1. The number of ether oxygens (including phenoxy) is 4. The summed E-state index contributed by atoms with van der Waals surface area (Å²) in [5, 5.41) is 14.1. The lowest BCUT2D eigenvalue weighted by atomic mass is 9.77. The Balaban J connectivity index is 1.79. The zero-order valence-electron chi connectivity index (χ0n) is 20.8. The maximum Gasteiger partial charge on any atom is 0.234 e. The molecule has 0 saturated carbocycles. The van der Waals surface area contributed by atoms with Crippen LogP contribution in [0.15, 0.2) is 78.9 Å². The molecular weight excluding hydrogens is 441 g/mol. The SMILES string of the molecule is CNB[C@@H]1O[C@H](COC(c2ccccc2)(c2ccc(OC)cc2)c2ccc(OC)cc2)C(O)[C@@H]1C. The third-order valence-corrected chi connectivity index (χ3v) is 6.90. The smallest absolute Gasteiger partial charge is 0.234 e. The summed E-state index contributed by atoms with van der Waals surface area (Å²) >= 11 is 0. The monoisotopic (exact) mass is 475 g/mol. The molecule has 6 nitrogen and oxygen atoms in total. The van der Waals surface area contributed by atoms with E-state index in [0.29, 0.717) is 7.41 Å². The Morgan fingerprint density at radius 1 is 0.857 bits per heavy atom. The molecular formula is C28H34BNO5. The average molecular weight is 475 g/mol. The van der Waals surface area contributed by atoms with Crippen LogP contribution in [0.2, 0.25) is 0 Å². The Morgan fingerprint density at radius 3 is 1.86 bits per heavy atom. The van der Waals surface area contributed by atoms with Crippen molar-refractivity contribution in [2.24, 2.45) is 5.92 Å². The molecule has 1 heterocycles. The summed E-state index contributed by atoms with van der Waals surface area (Å²) in [6.45, 7) is 2.24. The summed E-state index contributed by atoms with van der Waals surface area (Å²) in [6.07, 6.45) is -1.06. The lowest BCUT2D eigenvalue weighted by molar-refractivity contribution is -0.0745. The molecule has 184 valence electrons. The number of aliphatic hydroxyl groups is 1. The molecule has 1 aliphatic rings. The highest BCUT2D eigenvalue weighted by molar-refractivity contribution is 6.34. The molecule has 0 aliphatic carbocycles.